The van der Waals surface area contributed by atoms with Crippen LogP contribution in [0.4, 0.5) is 10.6 Å². The molecule has 82 valence electrons. The number of carbonyl (C=O) groups is 1. The van der Waals surface area contributed by atoms with Crippen molar-refractivity contribution >= 4 is 11.8 Å². The van der Waals surface area contributed by atoms with Crippen LogP contribution in [0.25, 0.3) is 0 Å². The summed E-state index contributed by atoms with van der Waals surface area (Å²) in [5, 5.41) is 9.14. The number of amides is 2. The van der Waals surface area contributed by atoms with Gasteiger partial charge in [-0.1, -0.05) is 24.4 Å². The Morgan fingerprint density at radius 3 is 2.87 bits per heavy atom. The van der Waals surface area contributed by atoms with Gasteiger partial charge in [-0.25, -0.2) is 4.79 Å². The molecule has 1 aliphatic rings. The normalized spacial score (nSPS) is 17.3. The van der Waals surface area contributed by atoms with Gasteiger partial charge in [-0.15, -0.1) is 0 Å². The molecule has 2 amide bonds. The van der Waals surface area contributed by atoms with Gasteiger partial charge in [-0.3, -0.25) is 5.32 Å². The summed E-state index contributed by atoms with van der Waals surface area (Å²) in [6, 6.07) is 1.72. The van der Waals surface area contributed by atoms with Crippen LogP contribution < -0.4 is 10.6 Å². The molecule has 0 atom stereocenters. The van der Waals surface area contributed by atoms with Crippen molar-refractivity contribution in [1.82, 2.24) is 10.5 Å². The third kappa shape index (κ3) is 2.97. The lowest BCUT2D eigenvalue weighted by Crippen LogP contribution is -2.39. The average Bonchev–Trinajstić information content (AvgIpc) is 2.71. The van der Waals surface area contributed by atoms with Crippen molar-refractivity contribution in [2.24, 2.45) is 0 Å². The van der Waals surface area contributed by atoms with Gasteiger partial charge < -0.3 is 9.84 Å². The summed E-state index contributed by atoms with van der Waals surface area (Å²) >= 11 is 0. The number of carbonyl (C=O) groups excluding carboxylic acids is 1. The molecular weight excluding hydrogens is 194 g/mol. The molecule has 0 bridgehead atoms. The van der Waals surface area contributed by atoms with Gasteiger partial charge in [-0.2, -0.15) is 0 Å². The van der Waals surface area contributed by atoms with Crippen LogP contribution in [0, 0.1) is 0 Å². The monoisotopic (exact) mass is 209 g/mol. The summed E-state index contributed by atoms with van der Waals surface area (Å²) in [7, 11) is 0. The van der Waals surface area contributed by atoms with Crippen LogP contribution >= 0.6 is 0 Å². The quantitative estimate of drug-likeness (QED) is 0.784. The molecule has 5 heteroatoms. The topological polar surface area (TPSA) is 67.2 Å². The van der Waals surface area contributed by atoms with Crippen LogP contribution in [-0.2, 0) is 0 Å². The lowest BCUT2D eigenvalue weighted by atomic mass is 9.96. The van der Waals surface area contributed by atoms with Gasteiger partial charge in [0.05, 0.1) is 0 Å². The van der Waals surface area contributed by atoms with Crippen molar-refractivity contribution in [2.45, 2.75) is 38.1 Å². The highest BCUT2D eigenvalue weighted by atomic mass is 16.5. The summed E-state index contributed by atoms with van der Waals surface area (Å²) in [6.45, 7) is 0. The SMILES string of the molecule is O=C(Nc1ccon1)NC1CCCCC1. The van der Waals surface area contributed by atoms with E-state index < -0.39 is 0 Å². The standard InChI is InChI=1S/C10H15N3O2/c14-10(12-9-6-7-15-13-9)11-8-4-2-1-3-5-8/h6-8H,1-5H2,(H2,11,12,13,14). The van der Waals surface area contributed by atoms with E-state index in [4.69, 9.17) is 0 Å². The molecular formula is C10H15N3O2. The second-order valence-electron chi connectivity index (χ2n) is 3.82. The van der Waals surface area contributed by atoms with E-state index in [1.807, 2.05) is 0 Å². The molecule has 0 aromatic carbocycles. The number of nitrogens with zero attached hydrogens (tertiary/aromatic N) is 1. The largest absolute Gasteiger partial charge is 0.363 e. The van der Waals surface area contributed by atoms with Gasteiger partial charge in [0, 0.05) is 12.1 Å². The van der Waals surface area contributed by atoms with E-state index in [1.165, 1.54) is 25.5 Å². The number of anilines is 1. The molecule has 0 aliphatic heterocycles. The summed E-state index contributed by atoms with van der Waals surface area (Å²) in [5.41, 5.74) is 0. The van der Waals surface area contributed by atoms with Crippen molar-refractivity contribution in [3.8, 4) is 0 Å². The van der Waals surface area contributed by atoms with Crippen molar-refractivity contribution in [3.05, 3.63) is 12.3 Å². The Kier molecular flexibility index (Phi) is 3.22. The molecule has 0 saturated heterocycles. The Balaban J connectivity index is 1.76. The maximum absolute atomic E-state index is 11.5. The minimum Gasteiger partial charge on any atom is -0.363 e. The highest BCUT2D eigenvalue weighted by molar-refractivity contribution is 5.88. The summed E-state index contributed by atoms with van der Waals surface area (Å²) < 4.78 is 4.61. The molecule has 0 radical (unpaired) electrons. The molecule has 15 heavy (non-hydrogen) atoms. The van der Waals surface area contributed by atoms with Crippen LogP contribution in [-0.4, -0.2) is 17.2 Å². The van der Waals surface area contributed by atoms with E-state index in [9.17, 15) is 4.79 Å². The first-order chi connectivity index (χ1) is 7.34. The minimum absolute atomic E-state index is 0.198. The molecule has 0 spiro atoms. The zero-order chi connectivity index (χ0) is 10.5. The lowest BCUT2D eigenvalue weighted by molar-refractivity contribution is 0.244. The molecule has 2 rings (SSSR count). The molecule has 1 heterocycles. The number of hydrogen-bond donors (Lipinski definition) is 2. The van der Waals surface area contributed by atoms with Crippen molar-refractivity contribution in [2.75, 3.05) is 5.32 Å². The fraction of sp³-hybridized carbons (Fsp3) is 0.600. The number of rotatable bonds is 2. The third-order valence-electron chi connectivity index (χ3n) is 2.62. The van der Waals surface area contributed by atoms with Gasteiger partial charge in [0.25, 0.3) is 0 Å². The highest BCUT2D eigenvalue weighted by Gasteiger charge is 2.15. The molecule has 1 aromatic heterocycles. The highest BCUT2D eigenvalue weighted by Crippen LogP contribution is 2.17. The Labute approximate surface area is 88.2 Å². The molecule has 0 unspecified atom stereocenters. The fourth-order valence-electron chi connectivity index (χ4n) is 1.86. The van der Waals surface area contributed by atoms with E-state index in [0.29, 0.717) is 11.9 Å². The maximum Gasteiger partial charge on any atom is 0.320 e. The Morgan fingerprint density at radius 2 is 2.20 bits per heavy atom. The molecule has 1 fully saturated rings. The fourth-order valence-corrected chi connectivity index (χ4v) is 1.86. The first-order valence-electron chi connectivity index (χ1n) is 5.32. The van der Waals surface area contributed by atoms with Gasteiger partial charge in [0.1, 0.15) is 6.26 Å². The Morgan fingerprint density at radius 1 is 1.40 bits per heavy atom. The predicted octanol–water partition coefficient (Wildman–Crippen LogP) is 2.13. The van der Waals surface area contributed by atoms with Gasteiger partial charge in [0.15, 0.2) is 5.82 Å². The second-order valence-corrected chi connectivity index (χ2v) is 3.82. The molecule has 2 N–H and O–H groups in total. The van der Waals surface area contributed by atoms with Crippen molar-refractivity contribution < 1.29 is 9.32 Å². The van der Waals surface area contributed by atoms with Crippen LogP contribution in [0.3, 0.4) is 0 Å². The summed E-state index contributed by atoms with van der Waals surface area (Å²) in [5.74, 6) is 0.448. The Hall–Kier alpha value is -1.52. The van der Waals surface area contributed by atoms with Crippen molar-refractivity contribution in [1.29, 1.82) is 0 Å². The molecule has 1 aliphatic carbocycles. The molecule has 1 aromatic rings. The first-order valence-corrected chi connectivity index (χ1v) is 5.32. The predicted molar refractivity (Wildman–Crippen MR) is 55.5 cm³/mol. The molecule has 1 saturated carbocycles. The number of nitrogens with one attached hydrogen (secondary N) is 2. The van der Waals surface area contributed by atoms with Gasteiger partial charge >= 0.3 is 6.03 Å². The summed E-state index contributed by atoms with van der Waals surface area (Å²) in [6.07, 6.45) is 7.27. The van der Waals surface area contributed by atoms with Crippen molar-refractivity contribution in [3.63, 3.8) is 0 Å². The zero-order valence-electron chi connectivity index (χ0n) is 8.53. The van der Waals surface area contributed by atoms with E-state index >= 15 is 0 Å². The van der Waals surface area contributed by atoms with E-state index in [1.54, 1.807) is 6.07 Å². The van der Waals surface area contributed by atoms with Crippen LogP contribution in [0.1, 0.15) is 32.1 Å². The van der Waals surface area contributed by atoms with E-state index in [2.05, 4.69) is 20.3 Å². The first kappa shape index (κ1) is 10.0. The minimum atomic E-state index is -0.198. The van der Waals surface area contributed by atoms with Crippen LogP contribution in [0.2, 0.25) is 0 Å². The molecule has 5 nitrogen and oxygen atoms in total. The number of hydrogen-bond acceptors (Lipinski definition) is 3. The lowest BCUT2D eigenvalue weighted by Gasteiger charge is -2.22. The van der Waals surface area contributed by atoms with E-state index in [0.717, 1.165) is 12.8 Å². The smallest absolute Gasteiger partial charge is 0.320 e. The van der Waals surface area contributed by atoms with Crippen LogP contribution in [0.5, 0.6) is 0 Å². The van der Waals surface area contributed by atoms with E-state index in [-0.39, 0.29) is 6.03 Å². The van der Waals surface area contributed by atoms with Crippen LogP contribution in [0.15, 0.2) is 16.9 Å². The third-order valence-corrected chi connectivity index (χ3v) is 2.62. The average molecular weight is 209 g/mol. The Bertz CT molecular complexity index is 304. The van der Waals surface area contributed by atoms with Gasteiger partial charge in [0.2, 0.25) is 0 Å². The van der Waals surface area contributed by atoms with Gasteiger partial charge in [-0.05, 0) is 12.8 Å². The summed E-state index contributed by atoms with van der Waals surface area (Å²) in [4.78, 5) is 11.5. The second kappa shape index (κ2) is 4.82. The number of urea groups is 1. The zero-order valence-corrected chi connectivity index (χ0v) is 8.53. The maximum atomic E-state index is 11.5. The number of aromatic nitrogens is 1.